The van der Waals surface area contributed by atoms with Crippen LogP contribution in [0.25, 0.3) is 10.9 Å². The minimum atomic E-state index is -0.322. The summed E-state index contributed by atoms with van der Waals surface area (Å²) in [6, 6.07) is 5.47. The van der Waals surface area contributed by atoms with E-state index < -0.39 is 0 Å². The Morgan fingerprint density at radius 1 is 1.29 bits per heavy atom. The Hall–Kier alpha value is -1.88. The lowest BCUT2D eigenvalue weighted by atomic mass is 10.1. The number of aromatic nitrogens is 2. The molecule has 0 atom stereocenters. The van der Waals surface area contributed by atoms with Crippen LogP contribution >= 0.6 is 0 Å². The molecule has 0 saturated heterocycles. The minimum Gasteiger partial charge on any atom is -0.329 e. The summed E-state index contributed by atoms with van der Waals surface area (Å²) in [4.78, 5) is 24.1. The Morgan fingerprint density at radius 3 is 2.65 bits per heavy atom. The summed E-state index contributed by atoms with van der Waals surface area (Å²) in [6.07, 6.45) is 0. The second kappa shape index (κ2) is 4.18. The molecule has 0 saturated carbocycles. The van der Waals surface area contributed by atoms with Gasteiger partial charge in [0, 0.05) is 20.1 Å². The van der Waals surface area contributed by atoms with Gasteiger partial charge in [0.2, 0.25) is 0 Å². The third kappa shape index (κ3) is 1.78. The molecule has 0 fully saturated rings. The van der Waals surface area contributed by atoms with Crippen LogP contribution in [0, 0.1) is 6.92 Å². The van der Waals surface area contributed by atoms with E-state index in [0.717, 1.165) is 5.56 Å². The largest absolute Gasteiger partial charge is 0.331 e. The third-order valence-corrected chi connectivity index (χ3v) is 2.86. The average molecular weight is 233 g/mol. The first-order chi connectivity index (χ1) is 8.06. The van der Waals surface area contributed by atoms with E-state index in [4.69, 9.17) is 5.73 Å². The van der Waals surface area contributed by atoms with Crippen LogP contribution in [0.4, 0.5) is 0 Å². The second-order valence-corrected chi connectivity index (χ2v) is 4.11. The molecule has 2 aromatic rings. The van der Waals surface area contributed by atoms with Gasteiger partial charge in [-0.1, -0.05) is 11.6 Å². The van der Waals surface area contributed by atoms with Crippen LogP contribution < -0.4 is 17.0 Å². The molecule has 0 amide bonds. The van der Waals surface area contributed by atoms with E-state index in [-0.39, 0.29) is 24.3 Å². The Bertz CT molecular complexity index is 682. The van der Waals surface area contributed by atoms with Gasteiger partial charge in [0.1, 0.15) is 0 Å². The van der Waals surface area contributed by atoms with E-state index in [0.29, 0.717) is 10.9 Å². The number of rotatable bonds is 2. The zero-order valence-corrected chi connectivity index (χ0v) is 9.93. The maximum absolute atomic E-state index is 12.1. The van der Waals surface area contributed by atoms with Gasteiger partial charge in [-0.25, -0.2) is 4.79 Å². The lowest BCUT2D eigenvalue weighted by Crippen LogP contribution is -2.40. The molecule has 90 valence electrons. The Kier molecular flexibility index (Phi) is 2.85. The monoisotopic (exact) mass is 233 g/mol. The van der Waals surface area contributed by atoms with Crippen LogP contribution in [0.3, 0.4) is 0 Å². The molecular weight excluding hydrogens is 218 g/mol. The molecule has 1 heterocycles. The number of benzene rings is 1. The molecule has 0 aliphatic heterocycles. The first kappa shape index (κ1) is 11.6. The van der Waals surface area contributed by atoms with Gasteiger partial charge >= 0.3 is 5.69 Å². The number of hydrogen-bond acceptors (Lipinski definition) is 3. The fourth-order valence-corrected chi connectivity index (χ4v) is 1.96. The molecule has 5 heteroatoms. The molecule has 0 unspecified atom stereocenters. The topological polar surface area (TPSA) is 70.0 Å². The highest BCUT2D eigenvalue weighted by atomic mass is 16.2. The summed E-state index contributed by atoms with van der Waals surface area (Å²) in [5, 5.41) is 0.556. The zero-order chi connectivity index (χ0) is 12.6. The van der Waals surface area contributed by atoms with Crippen molar-refractivity contribution < 1.29 is 0 Å². The van der Waals surface area contributed by atoms with Crippen molar-refractivity contribution in [1.82, 2.24) is 9.13 Å². The standard InChI is InChI=1S/C12H15N3O2/c1-8-3-4-10-9(7-8)11(16)15(6-5-13)12(17)14(10)2/h3-4,7H,5-6,13H2,1-2H3. The SMILES string of the molecule is Cc1ccc2c(c1)c(=O)n(CCN)c(=O)n2C. The summed E-state index contributed by atoms with van der Waals surface area (Å²) in [5.74, 6) is 0. The molecule has 5 nitrogen and oxygen atoms in total. The van der Waals surface area contributed by atoms with Crippen LogP contribution in [0.15, 0.2) is 27.8 Å². The van der Waals surface area contributed by atoms with Crippen LogP contribution in [0.1, 0.15) is 5.56 Å². The molecule has 0 aliphatic rings. The van der Waals surface area contributed by atoms with Crippen LogP contribution in [-0.4, -0.2) is 15.7 Å². The van der Waals surface area contributed by atoms with E-state index >= 15 is 0 Å². The Morgan fingerprint density at radius 2 is 2.00 bits per heavy atom. The minimum absolute atomic E-state index is 0.245. The van der Waals surface area contributed by atoms with Gasteiger partial charge in [-0.15, -0.1) is 0 Å². The Balaban J connectivity index is 2.96. The van der Waals surface area contributed by atoms with Gasteiger partial charge in [-0.05, 0) is 19.1 Å². The number of nitrogens with two attached hydrogens (primary N) is 1. The van der Waals surface area contributed by atoms with Crippen molar-refractivity contribution in [2.24, 2.45) is 12.8 Å². The zero-order valence-electron chi connectivity index (χ0n) is 9.93. The van der Waals surface area contributed by atoms with E-state index in [2.05, 4.69) is 0 Å². The van der Waals surface area contributed by atoms with E-state index in [1.54, 1.807) is 19.2 Å². The quantitative estimate of drug-likeness (QED) is 0.791. The molecule has 0 bridgehead atoms. The smallest absolute Gasteiger partial charge is 0.329 e. The van der Waals surface area contributed by atoms with Crippen LogP contribution in [-0.2, 0) is 13.6 Å². The van der Waals surface area contributed by atoms with Crippen molar-refractivity contribution in [2.45, 2.75) is 13.5 Å². The van der Waals surface area contributed by atoms with Gasteiger partial charge in [-0.2, -0.15) is 0 Å². The van der Waals surface area contributed by atoms with Gasteiger partial charge in [-0.3, -0.25) is 13.9 Å². The fourth-order valence-electron chi connectivity index (χ4n) is 1.96. The van der Waals surface area contributed by atoms with Crippen LogP contribution in [0.2, 0.25) is 0 Å². The van der Waals surface area contributed by atoms with E-state index in [1.165, 1.54) is 9.13 Å². The summed E-state index contributed by atoms with van der Waals surface area (Å²) in [7, 11) is 1.66. The maximum atomic E-state index is 12.1. The summed E-state index contributed by atoms with van der Waals surface area (Å²) < 4.78 is 2.66. The summed E-state index contributed by atoms with van der Waals surface area (Å²) >= 11 is 0. The number of fused-ring (bicyclic) bond motifs is 1. The highest BCUT2D eigenvalue weighted by Crippen LogP contribution is 2.09. The molecule has 0 aliphatic carbocycles. The van der Waals surface area contributed by atoms with Gasteiger partial charge < -0.3 is 5.73 Å². The number of aryl methyl sites for hydroxylation is 2. The molecule has 1 aromatic carbocycles. The van der Waals surface area contributed by atoms with Crippen LogP contribution in [0.5, 0.6) is 0 Å². The number of nitrogens with zero attached hydrogens (tertiary/aromatic N) is 2. The molecule has 2 rings (SSSR count). The number of hydrogen-bond donors (Lipinski definition) is 1. The molecular formula is C12H15N3O2. The van der Waals surface area contributed by atoms with Crippen molar-refractivity contribution in [1.29, 1.82) is 0 Å². The molecule has 0 radical (unpaired) electrons. The van der Waals surface area contributed by atoms with Crippen molar-refractivity contribution in [3.8, 4) is 0 Å². The van der Waals surface area contributed by atoms with Crippen molar-refractivity contribution in [3.05, 3.63) is 44.6 Å². The van der Waals surface area contributed by atoms with Crippen molar-refractivity contribution >= 4 is 10.9 Å². The summed E-state index contributed by atoms with van der Waals surface area (Å²) in [5.41, 5.74) is 6.47. The Labute approximate surface area is 98.1 Å². The van der Waals surface area contributed by atoms with Gasteiger partial charge in [0.15, 0.2) is 0 Å². The van der Waals surface area contributed by atoms with Crippen molar-refractivity contribution in [2.75, 3.05) is 6.54 Å². The highest BCUT2D eigenvalue weighted by Gasteiger charge is 2.09. The molecule has 1 aromatic heterocycles. The third-order valence-electron chi connectivity index (χ3n) is 2.86. The molecule has 0 spiro atoms. The normalized spacial score (nSPS) is 11.0. The van der Waals surface area contributed by atoms with Crippen molar-refractivity contribution in [3.63, 3.8) is 0 Å². The summed E-state index contributed by atoms with van der Waals surface area (Å²) in [6.45, 7) is 2.43. The average Bonchev–Trinajstić information content (AvgIpc) is 2.32. The van der Waals surface area contributed by atoms with E-state index in [9.17, 15) is 9.59 Å². The first-order valence-electron chi connectivity index (χ1n) is 5.46. The highest BCUT2D eigenvalue weighted by molar-refractivity contribution is 5.78. The fraction of sp³-hybridized carbons (Fsp3) is 0.333. The molecule has 17 heavy (non-hydrogen) atoms. The first-order valence-corrected chi connectivity index (χ1v) is 5.46. The predicted molar refractivity (Wildman–Crippen MR) is 67.2 cm³/mol. The second-order valence-electron chi connectivity index (χ2n) is 4.11. The van der Waals surface area contributed by atoms with Gasteiger partial charge in [0.25, 0.3) is 5.56 Å². The van der Waals surface area contributed by atoms with E-state index in [1.807, 2.05) is 13.0 Å². The maximum Gasteiger partial charge on any atom is 0.331 e. The lowest BCUT2D eigenvalue weighted by Gasteiger charge is -2.10. The van der Waals surface area contributed by atoms with Gasteiger partial charge in [0.05, 0.1) is 10.9 Å². The molecule has 2 N–H and O–H groups in total. The predicted octanol–water partition coefficient (Wildman–Crippen LogP) is -0.0327. The lowest BCUT2D eigenvalue weighted by molar-refractivity contribution is 0.613.